The predicted molar refractivity (Wildman–Crippen MR) is 100 cm³/mol. The number of hydrogen-bond donors (Lipinski definition) is 1. The first-order chi connectivity index (χ1) is 13.0. The molecule has 1 atom stereocenters. The van der Waals surface area contributed by atoms with Crippen LogP contribution < -0.4 is 5.56 Å². The van der Waals surface area contributed by atoms with E-state index in [1.54, 1.807) is 36.5 Å². The molecule has 3 heterocycles. The number of hydrogen-bond acceptors (Lipinski definition) is 5. The fraction of sp³-hybridized carbons (Fsp3) is 0.421. The number of rotatable bonds is 5. The highest BCUT2D eigenvalue weighted by Crippen LogP contribution is 2.18. The second-order valence-electron chi connectivity index (χ2n) is 6.63. The molecule has 142 valence electrons. The zero-order valence-electron chi connectivity index (χ0n) is 15.5. The van der Waals surface area contributed by atoms with Gasteiger partial charge in [-0.1, -0.05) is 19.8 Å². The van der Waals surface area contributed by atoms with Crippen LogP contribution in [0.5, 0.6) is 0 Å². The van der Waals surface area contributed by atoms with Gasteiger partial charge in [-0.05, 0) is 18.6 Å². The average molecular weight is 369 g/mol. The fourth-order valence-corrected chi connectivity index (χ4v) is 3.18. The molecule has 8 heteroatoms. The molecule has 0 radical (unpaired) electrons. The summed E-state index contributed by atoms with van der Waals surface area (Å²) in [6.45, 7) is 2.89. The predicted octanol–water partition coefficient (Wildman–Crippen LogP) is 1.30. The van der Waals surface area contributed by atoms with Gasteiger partial charge in [-0.3, -0.25) is 19.4 Å². The molecule has 1 saturated heterocycles. The quantitative estimate of drug-likeness (QED) is 0.856. The lowest BCUT2D eigenvalue weighted by molar-refractivity contribution is -0.138. The molecule has 1 aliphatic rings. The summed E-state index contributed by atoms with van der Waals surface area (Å²) in [7, 11) is 1.74. The number of amides is 2. The fourth-order valence-electron chi connectivity index (χ4n) is 3.18. The first-order valence-corrected chi connectivity index (χ1v) is 9.08. The second kappa shape index (κ2) is 8.11. The van der Waals surface area contributed by atoms with Gasteiger partial charge in [0.2, 0.25) is 5.91 Å². The van der Waals surface area contributed by atoms with Crippen molar-refractivity contribution >= 4 is 11.8 Å². The van der Waals surface area contributed by atoms with E-state index in [4.69, 9.17) is 0 Å². The normalized spacial score (nSPS) is 17.3. The largest absolute Gasteiger partial charge is 0.342 e. The minimum absolute atomic E-state index is 0.0542. The lowest BCUT2D eigenvalue weighted by Gasteiger charge is -2.39. The van der Waals surface area contributed by atoms with E-state index in [-0.39, 0.29) is 11.5 Å². The monoisotopic (exact) mass is 369 g/mol. The molecule has 2 amide bonds. The number of carbonyl (C=O) groups is 2. The molecular formula is C19H23N5O3. The Morgan fingerprint density at radius 2 is 2.11 bits per heavy atom. The summed E-state index contributed by atoms with van der Waals surface area (Å²) >= 11 is 0. The number of aromatic nitrogens is 3. The lowest BCUT2D eigenvalue weighted by Crippen LogP contribution is -2.58. The lowest BCUT2D eigenvalue weighted by atomic mass is 10.0. The molecule has 1 fully saturated rings. The van der Waals surface area contributed by atoms with Crippen molar-refractivity contribution in [3.05, 3.63) is 46.6 Å². The van der Waals surface area contributed by atoms with Crippen LogP contribution in [0.2, 0.25) is 0 Å². The molecule has 1 unspecified atom stereocenters. The first-order valence-electron chi connectivity index (χ1n) is 9.08. The number of likely N-dealkylation sites (N-methyl/N-ethyl adjacent to an activating group) is 1. The minimum Gasteiger partial charge on any atom is -0.342 e. The Morgan fingerprint density at radius 3 is 2.78 bits per heavy atom. The molecule has 0 spiro atoms. The van der Waals surface area contributed by atoms with Gasteiger partial charge in [0, 0.05) is 44.3 Å². The van der Waals surface area contributed by atoms with E-state index < -0.39 is 17.5 Å². The molecule has 27 heavy (non-hydrogen) atoms. The Bertz CT molecular complexity index is 880. The summed E-state index contributed by atoms with van der Waals surface area (Å²) in [5.74, 6) is -0.190. The Morgan fingerprint density at radius 1 is 1.30 bits per heavy atom. The standard InChI is InChI=1S/C19H23N5O3/c1-3-4-7-15-19(27)23(2)9-10-24(15)18(26)14-12-21-16(22-17(14)25)13-6-5-8-20-11-13/h5-6,8,11-12,15H,3-4,7,9-10H2,1-2H3,(H,21,22,25). The molecule has 1 aliphatic heterocycles. The Hall–Kier alpha value is -3.03. The highest BCUT2D eigenvalue weighted by atomic mass is 16.2. The molecule has 0 bridgehead atoms. The highest BCUT2D eigenvalue weighted by molar-refractivity contribution is 5.97. The average Bonchev–Trinajstić information content (AvgIpc) is 2.69. The van der Waals surface area contributed by atoms with Crippen molar-refractivity contribution in [1.82, 2.24) is 24.8 Å². The van der Waals surface area contributed by atoms with Crippen LogP contribution >= 0.6 is 0 Å². The number of nitrogens with zero attached hydrogens (tertiary/aromatic N) is 4. The number of pyridine rings is 1. The smallest absolute Gasteiger partial charge is 0.264 e. The van der Waals surface area contributed by atoms with E-state index in [1.807, 2.05) is 6.92 Å². The number of piperazine rings is 1. The maximum absolute atomic E-state index is 13.0. The summed E-state index contributed by atoms with van der Waals surface area (Å²) < 4.78 is 0. The van der Waals surface area contributed by atoms with Gasteiger partial charge in [-0.25, -0.2) is 4.98 Å². The molecule has 1 N–H and O–H groups in total. The second-order valence-corrected chi connectivity index (χ2v) is 6.63. The van der Waals surface area contributed by atoms with Crippen molar-refractivity contribution in [3.8, 4) is 11.4 Å². The third-order valence-electron chi connectivity index (χ3n) is 4.77. The van der Waals surface area contributed by atoms with Gasteiger partial charge in [-0.15, -0.1) is 0 Å². The Labute approximate surface area is 157 Å². The van der Waals surface area contributed by atoms with Crippen LogP contribution in [-0.4, -0.2) is 62.7 Å². The van der Waals surface area contributed by atoms with Crippen LogP contribution in [0.4, 0.5) is 0 Å². The topological polar surface area (TPSA) is 99.3 Å². The summed E-state index contributed by atoms with van der Waals surface area (Å²) in [4.78, 5) is 52.0. The number of carbonyl (C=O) groups excluding carboxylic acids is 2. The number of unbranched alkanes of at least 4 members (excludes halogenated alkanes) is 1. The van der Waals surface area contributed by atoms with Crippen LogP contribution in [0.15, 0.2) is 35.5 Å². The van der Waals surface area contributed by atoms with Crippen molar-refractivity contribution in [2.75, 3.05) is 20.1 Å². The van der Waals surface area contributed by atoms with Gasteiger partial charge >= 0.3 is 0 Å². The van der Waals surface area contributed by atoms with Gasteiger partial charge in [0.05, 0.1) is 0 Å². The van der Waals surface area contributed by atoms with Gasteiger partial charge in [-0.2, -0.15) is 0 Å². The molecule has 0 aliphatic carbocycles. The minimum atomic E-state index is -0.534. The molecule has 0 saturated carbocycles. The van der Waals surface area contributed by atoms with Crippen molar-refractivity contribution < 1.29 is 9.59 Å². The van der Waals surface area contributed by atoms with Crippen LogP contribution in [0.3, 0.4) is 0 Å². The summed E-state index contributed by atoms with van der Waals surface area (Å²) in [6, 6.07) is 2.98. The maximum atomic E-state index is 13.0. The number of aromatic amines is 1. The maximum Gasteiger partial charge on any atom is 0.264 e. The van der Waals surface area contributed by atoms with Crippen LogP contribution in [-0.2, 0) is 4.79 Å². The van der Waals surface area contributed by atoms with E-state index in [1.165, 1.54) is 11.1 Å². The molecule has 3 rings (SSSR count). The zero-order valence-corrected chi connectivity index (χ0v) is 15.5. The molecular weight excluding hydrogens is 346 g/mol. The van der Waals surface area contributed by atoms with E-state index in [0.29, 0.717) is 30.9 Å². The Balaban J connectivity index is 1.88. The number of nitrogens with one attached hydrogen (secondary N) is 1. The van der Waals surface area contributed by atoms with E-state index in [0.717, 1.165) is 12.8 Å². The summed E-state index contributed by atoms with van der Waals surface area (Å²) in [5.41, 5.74) is 0.0835. The molecule has 2 aromatic rings. The van der Waals surface area contributed by atoms with E-state index in [2.05, 4.69) is 15.0 Å². The van der Waals surface area contributed by atoms with Crippen LogP contribution in [0.1, 0.15) is 36.5 Å². The molecule has 2 aromatic heterocycles. The van der Waals surface area contributed by atoms with Crippen LogP contribution in [0, 0.1) is 0 Å². The third kappa shape index (κ3) is 3.89. The third-order valence-corrected chi connectivity index (χ3v) is 4.77. The SMILES string of the molecule is CCCCC1C(=O)N(C)CCN1C(=O)c1cnc(-c2cccnc2)[nH]c1=O. The van der Waals surface area contributed by atoms with Crippen molar-refractivity contribution in [3.63, 3.8) is 0 Å². The van der Waals surface area contributed by atoms with E-state index >= 15 is 0 Å². The zero-order chi connectivity index (χ0) is 19.4. The van der Waals surface area contributed by atoms with Crippen LogP contribution in [0.25, 0.3) is 11.4 Å². The molecule has 0 aromatic carbocycles. The van der Waals surface area contributed by atoms with Gasteiger partial charge in [0.15, 0.2) is 0 Å². The summed E-state index contributed by atoms with van der Waals surface area (Å²) in [5, 5.41) is 0. The number of H-pyrrole nitrogens is 1. The van der Waals surface area contributed by atoms with E-state index in [9.17, 15) is 14.4 Å². The van der Waals surface area contributed by atoms with Crippen molar-refractivity contribution in [2.45, 2.75) is 32.2 Å². The highest BCUT2D eigenvalue weighted by Gasteiger charge is 2.36. The van der Waals surface area contributed by atoms with Crippen molar-refractivity contribution in [1.29, 1.82) is 0 Å². The van der Waals surface area contributed by atoms with Crippen molar-refractivity contribution in [2.24, 2.45) is 0 Å². The first kappa shape index (κ1) is 18.8. The Kier molecular flexibility index (Phi) is 5.63. The van der Waals surface area contributed by atoms with Gasteiger partial charge in [0.1, 0.15) is 17.4 Å². The summed E-state index contributed by atoms with van der Waals surface area (Å²) in [6.07, 6.45) is 6.84. The molecule has 8 nitrogen and oxygen atoms in total. The van der Waals surface area contributed by atoms with Gasteiger partial charge in [0.25, 0.3) is 11.5 Å². The van der Waals surface area contributed by atoms with Gasteiger partial charge < -0.3 is 14.8 Å².